The third-order valence-electron chi connectivity index (χ3n) is 4.18. The molecule has 2 unspecified atom stereocenters. The first-order valence-electron chi connectivity index (χ1n) is 7.38. The van der Waals surface area contributed by atoms with Crippen molar-refractivity contribution in [1.29, 1.82) is 0 Å². The molecule has 1 aliphatic carbocycles. The second-order valence-corrected chi connectivity index (χ2v) is 7.59. The van der Waals surface area contributed by atoms with Gasteiger partial charge in [-0.25, -0.2) is 4.79 Å². The Bertz CT molecular complexity index is 519. The second kappa shape index (κ2) is 5.02. The lowest BCUT2D eigenvalue weighted by molar-refractivity contribution is 0.0487. The Morgan fingerprint density at radius 2 is 1.81 bits per heavy atom. The number of alkyl carbamates (subject to hydrolysis) is 1. The van der Waals surface area contributed by atoms with Crippen molar-refractivity contribution in [3.63, 3.8) is 0 Å². The molecule has 0 aromatic heterocycles. The van der Waals surface area contributed by atoms with E-state index >= 15 is 0 Å². The number of hydrogen-bond donors (Lipinski definition) is 2. The van der Waals surface area contributed by atoms with Gasteiger partial charge in [-0.3, -0.25) is 0 Å². The zero-order valence-electron chi connectivity index (χ0n) is 13.6. The molecule has 1 aromatic rings. The maximum atomic E-state index is 12.1. The summed E-state index contributed by atoms with van der Waals surface area (Å²) in [5, 5.41) is 2.96. The summed E-state index contributed by atoms with van der Waals surface area (Å²) in [5.41, 5.74) is 6.59. The number of carbonyl (C=O) groups excluding carboxylic acids is 1. The highest BCUT2D eigenvalue weighted by Gasteiger charge is 2.63. The van der Waals surface area contributed by atoms with E-state index in [1.807, 2.05) is 51.1 Å². The maximum Gasteiger partial charge on any atom is 0.408 e. The van der Waals surface area contributed by atoms with Gasteiger partial charge in [-0.15, -0.1) is 0 Å². The molecule has 3 N–H and O–H groups in total. The molecular weight excluding hydrogens is 264 g/mol. The first kappa shape index (κ1) is 15.8. The molecule has 1 fully saturated rings. The number of ether oxygens (including phenoxy) is 1. The van der Waals surface area contributed by atoms with Crippen LogP contribution in [0.15, 0.2) is 30.3 Å². The molecular formula is C17H26N2O2. The third-order valence-corrected chi connectivity index (χ3v) is 4.18. The average Bonchev–Trinajstić information content (AvgIpc) is 2.85. The van der Waals surface area contributed by atoms with Crippen LogP contribution in [0.25, 0.3) is 0 Å². The number of amides is 1. The minimum atomic E-state index is -0.522. The van der Waals surface area contributed by atoms with Crippen molar-refractivity contribution >= 4 is 6.09 Å². The molecule has 1 aromatic carbocycles. The number of nitrogens with two attached hydrogens (primary N) is 1. The summed E-state index contributed by atoms with van der Waals surface area (Å²) in [5.74, 6) is 0. The Kier molecular flexibility index (Phi) is 3.79. The number of rotatable bonds is 3. The molecule has 116 valence electrons. The lowest BCUT2D eigenvalue weighted by Crippen LogP contribution is -2.47. The van der Waals surface area contributed by atoms with Gasteiger partial charge >= 0.3 is 6.09 Å². The van der Waals surface area contributed by atoms with E-state index in [9.17, 15) is 4.79 Å². The van der Waals surface area contributed by atoms with Gasteiger partial charge < -0.3 is 15.8 Å². The van der Waals surface area contributed by atoms with Crippen molar-refractivity contribution in [3.8, 4) is 0 Å². The predicted octanol–water partition coefficient (Wildman–Crippen LogP) is 3.38. The molecule has 1 saturated carbocycles. The van der Waals surface area contributed by atoms with E-state index < -0.39 is 17.2 Å². The third kappa shape index (κ3) is 3.38. The van der Waals surface area contributed by atoms with Crippen molar-refractivity contribution in [2.75, 3.05) is 0 Å². The van der Waals surface area contributed by atoms with E-state index in [4.69, 9.17) is 10.5 Å². The zero-order valence-corrected chi connectivity index (χ0v) is 13.6. The standard InChI is InChI=1S/C17H26N2O2/c1-15(2,3)21-14(20)19-13(12-9-7-6-8-10-12)17(18)11-16(17,4)5/h6-10,13H,11,18H2,1-5H3,(H,19,20). The first-order chi connectivity index (χ1) is 9.55. The first-order valence-corrected chi connectivity index (χ1v) is 7.38. The number of carbonyl (C=O) groups is 1. The van der Waals surface area contributed by atoms with Crippen LogP contribution < -0.4 is 11.1 Å². The van der Waals surface area contributed by atoms with Crippen molar-refractivity contribution in [3.05, 3.63) is 35.9 Å². The fraction of sp³-hybridized carbons (Fsp3) is 0.588. The van der Waals surface area contributed by atoms with Gasteiger partial charge in [0.25, 0.3) is 0 Å². The normalized spacial score (nSPS) is 25.0. The fourth-order valence-electron chi connectivity index (χ4n) is 2.76. The van der Waals surface area contributed by atoms with Gasteiger partial charge in [-0.1, -0.05) is 44.2 Å². The van der Waals surface area contributed by atoms with E-state index in [1.165, 1.54) is 0 Å². The Labute approximate surface area is 127 Å². The summed E-state index contributed by atoms with van der Waals surface area (Å²) in [4.78, 5) is 12.1. The summed E-state index contributed by atoms with van der Waals surface area (Å²) in [6, 6.07) is 9.60. The Balaban J connectivity index is 2.21. The van der Waals surface area contributed by atoms with Crippen molar-refractivity contribution < 1.29 is 9.53 Å². The van der Waals surface area contributed by atoms with Crippen LogP contribution in [0.1, 0.15) is 52.6 Å². The van der Waals surface area contributed by atoms with Crippen molar-refractivity contribution in [2.45, 2.75) is 58.2 Å². The molecule has 2 atom stereocenters. The molecule has 0 saturated heterocycles. The van der Waals surface area contributed by atoms with E-state index in [0.717, 1.165) is 12.0 Å². The van der Waals surface area contributed by atoms with Gasteiger partial charge in [0.2, 0.25) is 0 Å². The molecule has 1 aliphatic rings. The van der Waals surface area contributed by atoms with Gasteiger partial charge in [0.15, 0.2) is 0 Å². The smallest absolute Gasteiger partial charge is 0.408 e. The van der Waals surface area contributed by atoms with Crippen LogP contribution in [0.3, 0.4) is 0 Å². The second-order valence-electron chi connectivity index (χ2n) is 7.59. The summed E-state index contributed by atoms with van der Waals surface area (Å²) in [7, 11) is 0. The molecule has 0 radical (unpaired) electrons. The van der Waals surface area contributed by atoms with Crippen molar-refractivity contribution in [2.24, 2.45) is 11.1 Å². The Morgan fingerprint density at radius 3 is 2.24 bits per heavy atom. The Hall–Kier alpha value is -1.55. The van der Waals surface area contributed by atoms with Crippen LogP contribution in [0.2, 0.25) is 0 Å². The number of nitrogens with one attached hydrogen (secondary N) is 1. The molecule has 4 heteroatoms. The molecule has 0 bridgehead atoms. The molecule has 21 heavy (non-hydrogen) atoms. The number of hydrogen-bond acceptors (Lipinski definition) is 3. The quantitative estimate of drug-likeness (QED) is 0.897. The summed E-state index contributed by atoms with van der Waals surface area (Å²) in [6.45, 7) is 9.80. The molecule has 4 nitrogen and oxygen atoms in total. The monoisotopic (exact) mass is 290 g/mol. The predicted molar refractivity (Wildman–Crippen MR) is 83.9 cm³/mol. The van der Waals surface area contributed by atoms with Crippen LogP contribution in [-0.2, 0) is 4.74 Å². The van der Waals surface area contributed by atoms with Crippen LogP contribution in [-0.4, -0.2) is 17.2 Å². The van der Waals surface area contributed by atoms with E-state index in [0.29, 0.717) is 0 Å². The Morgan fingerprint density at radius 1 is 1.29 bits per heavy atom. The van der Waals surface area contributed by atoms with Gasteiger partial charge in [-0.05, 0) is 38.2 Å². The van der Waals surface area contributed by atoms with Gasteiger partial charge in [0.05, 0.1) is 6.04 Å². The zero-order chi connectivity index (χ0) is 15.9. The lowest BCUT2D eigenvalue weighted by Gasteiger charge is -2.30. The summed E-state index contributed by atoms with van der Waals surface area (Å²) in [6.07, 6.45) is 0.443. The maximum absolute atomic E-state index is 12.1. The summed E-state index contributed by atoms with van der Waals surface area (Å²) >= 11 is 0. The average molecular weight is 290 g/mol. The van der Waals surface area contributed by atoms with Crippen LogP contribution >= 0.6 is 0 Å². The highest BCUT2D eigenvalue weighted by atomic mass is 16.6. The van der Waals surface area contributed by atoms with Gasteiger partial charge in [-0.2, -0.15) is 0 Å². The van der Waals surface area contributed by atoms with E-state index in [2.05, 4.69) is 19.2 Å². The topological polar surface area (TPSA) is 64.3 Å². The number of benzene rings is 1. The van der Waals surface area contributed by atoms with Crippen LogP contribution in [0, 0.1) is 5.41 Å². The van der Waals surface area contributed by atoms with Gasteiger partial charge in [0.1, 0.15) is 5.60 Å². The van der Waals surface area contributed by atoms with Crippen LogP contribution in [0.4, 0.5) is 4.79 Å². The minimum Gasteiger partial charge on any atom is -0.444 e. The lowest BCUT2D eigenvalue weighted by atomic mass is 9.92. The van der Waals surface area contributed by atoms with Gasteiger partial charge in [0, 0.05) is 5.54 Å². The molecule has 1 amide bonds. The molecule has 2 rings (SSSR count). The van der Waals surface area contributed by atoms with Crippen molar-refractivity contribution in [1.82, 2.24) is 5.32 Å². The SMILES string of the molecule is CC(C)(C)OC(=O)NC(c1ccccc1)C1(N)CC1(C)C. The molecule has 0 spiro atoms. The van der Waals surface area contributed by atoms with E-state index in [-0.39, 0.29) is 11.5 Å². The highest BCUT2D eigenvalue weighted by molar-refractivity contribution is 5.69. The van der Waals surface area contributed by atoms with E-state index in [1.54, 1.807) is 0 Å². The highest BCUT2D eigenvalue weighted by Crippen LogP contribution is 2.59. The minimum absolute atomic E-state index is 0.00250. The summed E-state index contributed by atoms with van der Waals surface area (Å²) < 4.78 is 5.38. The fourth-order valence-corrected chi connectivity index (χ4v) is 2.76. The molecule has 0 aliphatic heterocycles. The van der Waals surface area contributed by atoms with Crippen LogP contribution in [0.5, 0.6) is 0 Å². The molecule has 0 heterocycles. The largest absolute Gasteiger partial charge is 0.444 e.